The Morgan fingerprint density at radius 2 is 2.07 bits per heavy atom. The largest absolute Gasteiger partial charge is 0.445 e. The lowest BCUT2D eigenvalue weighted by Crippen LogP contribution is -2.04. The predicted molar refractivity (Wildman–Crippen MR) is 56.6 cm³/mol. The fourth-order valence-corrected chi connectivity index (χ4v) is 2.35. The molecule has 0 amide bonds. The van der Waals surface area contributed by atoms with Crippen molar-refractivity contribution in [2.75, 3.05) is 0 Å². The van der Waals surface area contributed by atoms with Crippen LogP contribution in [0.5, 0.6) is 0 Å². The maximum absolute atomic E-state index is 5.76. The van der Waals surface area contributed by atoms with Crippen LogP contribution in [0, 0.1) is 6.92 Å². The summed E-state index contributed by atoms with van der Waals surface area (Å²) in [4.78, 5) is 4.45. The van der Waals surface area contributed by atoms with Crippen molar-refractivity contribution in [3.63, 3.8) is 0 Å². The highest BCUT2D eigenvalue weighted by Gasteiger charge is 2.21. The maximum atomic E-state index is 5.76. The highest BCUT2D eigenvalue weighted by Crippen LogP contribution is 2.33. The number of aromatic nitrogens is 1. The minimum Gasteiger partial charge on any atom is -0.445 e. The first kappa shape index (κ1) is 10.0. The van der Waals surface area contributed by atoms with Crippen LogP contribution in [0.3, 0.4) is 0 Å². The molecule has 0 saturated heterocycles. The van der Waals surface area contributed by atoms with E-state index in [1.165, 1.54) is 32.1 Å². The number of hydrogen-bond acceptors (Lipinski definition) is 2. The molecule has 0 radical (unpaired) electrons. The lowest BCUT2D eigenvalue weighted by molar-refractivity contribution is 0.356. The van der Waals surface area contributed by atoms with E-state index in [4.69, 9.17) is 16.0 Å². The van der Waals surface area contributed by atoms with Crippen molar-refractivity contribution in [3.05, 3.63) is 17.3 Å². The molecule has 2 rings (SSSR count). The number of halogens is 1. The van der Waals surface area contributed by atoms with Gasteiger partial charge in [0.25, 0.3) is 0 Å². The first-order valence-corrected chi connectivity index (χ1v) is 5.87. The molecule has 1 aliphatic carbocycles. The molecular formula is C11H16ClNO. The Labute approximate surface area is 89.7 Å². The van der Waals surface area contributed by atoms with Gasteiger partial charge in [-0.2, -0.15) is 0 Å². The Hall–Kier alpha value is -0.500. The predicted octanol–water partition coefficient (Wildman–Crippen LogP) is 3.77. The van der Waals surface area contributed by atoms with E-state index in [0.717, 1.165) is 17.3 Å². The number of aryl methyl sites for hydroxylation is 1. The molecule has 0 bridgehead atoms. The van der Waals surface area contributed by atoms with Gasteiger partial charge in [0.05, 0.1) is 11.6 Å². The number of hydrogen-bond donors (Lipinski definition) is 0. The van der Waals surface area contributed by atoms with Crippen molar-refractivity contribution in [1.82, 2.24) is 4.98 Å². The van der Waals surface area contributed by atoms with Gasteiger partial charge in [-0.05, 0) is 19.8 Å². The lowest BCUT2D eigenvalue weighted by Gasteiger charge is -2.17. The molecule has 1 heterocycles. The number of nitrogens with zero attached hydrogens (tertiary/aromatic N) is 1. The molecule has 1 aromatic rings. The van der Waals surface area contributed by atoms with Crippen molar-refractivity contribution in [3.8, 4) is 0 Å². The van der Waals surface area contributed by atoms with Gasteiger partial charge in [-0.3, -0.25) is 0 Å². The van der Waals surface area contributed by atoms with Gasteiger partial charge in [-0.15, -0.1) is 11.6 Å². The Balaban J connectivity index is 2.14. The second kappa shape index (κ2) is 4.35. The van der Waals surface area contributed by atoms with Gasteiger partial charge in [0.2, 0.25) is 0 Å². The van der Waals surface area contributed by atoms with Crippen LogP contribution in [0.4, 0.5) is 0 Å². The summed E-state index contributed by atoms with van der Waals surface area (Å²) in [6.45, 7) is 1.94. The van der Waals surface area contributed by atoms with Crippen molar-refractivity contribution < 1.29 is 4.42 Å². The number of oxazole rings is 1. The van der Waals surface area contributed by atoms with E-state index in [0.29, 0.717) is 11.8 Å². The third-order valence-corrected chi connectivity index (χ3v) is 3.24. The summed E-state index contributed by atoms with van der Waals surface area (Å²) in [5.41, 5.74) is 0.909. The van der Waals surface area contributed by atoms with Gasteiger partial charge in [0.15, 0.2) is 5.89 Å². The van der Waals surface area contributed by atoms with E-state index < -0.39 is 0 Å². The molecule has 0 atom stereocenters. The van der Waals surface area contributed by atoms with Crippen molar-refractivity contribution in [2.45, 2.75) is 50.8 Å². The van der Waals surface area contributed by atoms with Crippen LogP contribution in [0.2, 0.25) is 0 Å². The van der Waals surface area contributed by atoms with Gasteiger partial charge in [0.1, 0.15) is 5.76 Å². The first-order chi connectivity index (χ1) is 6.81. The molecule has 1 saturated carbocycles. The zero-order valence-electron chi connectivity index (χ0n) is 8.55. The van der Waals surface area contributed by atoms with Crippen LogP contribution < -0.4 is 0 Å². The van der Waals surface area contributed by atoms with E-state index in [1.807, 2.05) is 6.92 Å². The summed E-state index contributed by atoms with van der Waals surface area (Å²) in [5.74, 6) is 2.81. The van der Waals surface area contributed by atoms with Crippen LogP contribution in [-0.4, -0.2) is 4.98 Å². The van der Waals surface area contributed by atoms with Crippen molar-refractivity contribution in [2.24, 2.45) is 0 Å². The minimum atomic E-state index is 0.460. The van der Waals surface area contributed by atoms with Crippen molar-refractivity contribution in [1.29, 1.82) is 0 Å². The molecule has 78 valence electrons. The highest BCUT2D eigenvalue weighted by molar-refractivity contribution is 6.16. The third-order valence-electron chi connectivity index (χ3n) is 2.99. The van der Waals surface area contributed by atoms with Crippen LogP contribution >= 0.6 is 11.6 Å². The smallest absolute Gasteiger partial charge is 0.197 e. The molecule has 2 nitrogen and oxygen atoms in total. The Morgan fingerprint density at radius 1 is 1.36 bits per heavy atom. The molecule has 0 spiro atoms. The van der Waals surface area contributed by atoms with E-state index in [2.05, 4.69) is 4.98 Å². The van der Waals surface area contributed by atoms with Crippen LogP contribution in [-0.2, 0) is 5.88 Å². The van der Waals surface area contributed by atoms with E-state index in [-0.39, 0.29) is 0 Å². The van der Waals surface area contributed by atoms with E-state index in [1.54, 1.807) is 0 Å². The average Bonchev–Trinajstić information content (AvgIpc) is 2.61. The molecule has 1 aliphatic rings. The van der Waals surface area contributed by atoms with E-state index >= 15 is 0 Å². The third kappa shape index (κ3) is 1.95. The fraction of sp³-hybridized carbons (Fsp3) is 0.727. The molecule has 0 N–H and O–H groups in total. The Bertz CT molecular complexity index is 302. The topological polar surface area (TPSA) is 26.0 Å². The second-order valence-electron chi connectivity index (χ2n) is 4.02. The van der Waals surface area contributed by atoms with Gasteiger partial charge >= 0.3 is 0 Å². The zero-order valence-corrected chi connectivity index (χ0v) is 9.31. The van der Waals surface area contributed by atoms with Crippen LogP contribution in [0.25, 0.3) is 0 Å². The van der Waals surface area contributed by atoms with Crippen LogP contribution in [0.15, 0.2) is 4.42 Å². The summed E-state index contributed by atoms with van der Waals surface area (Å²) in [7, 11) is 0. The minimum absolute atomic E-state index is 0.460. The molecule has 0 aromatic carbocycles. The highest BCUT2D eigenvalue weighted by atomic mass is 35.5. The Morgan fingerprint density at radius 3 is 2.64 bits per heavy atom. The maximum Gasteiger partial charge on any atom is 0.197 e. The SMILES string of the molecule is Cc1oc(C2CCCCC2)nc1CCl. The summed E-state index contributed by atoms with van der Waals surface area (Å²) in [6, 6.07) is 0. The molecule has 0 unspecified atom stereocenters. The van der Waals surface area contributed by atoms with Gasteiger partial charge in [0, 0.05) is 5.92 Å². The van der Waals surface area contributed by atoms with Gasteiger partial charge < -0.3 is 4.42 Å². The van der Waals surface area contributed by atoms with Crippen LogP contribution in [0.1, 0.15) is 55.4 Å². The lowest BCUT2D eigenvalue weighted by atomic mass is 9.89. The summed E-state index contributed by atoms with van der Waals surface area (Å²) in [5, 5.41) is 0. The molecule has 3 heteroatoms. The molecule has 0 aliphatic heterocycles. The zero-order chi connectivity index (χ0) is 9.97. The average molecular weight is 214 g/mol. The van der Waals surface area contributed by atoms with Gasteiger partial charge in [-0.1, -0.05) is 19.3 Å². The summed E-state index contributed by atoms with van der Waals surface area (Å²) < 4.78 is 5.65. The molecule has 14 heavy (non-hydrogen) atoms. The summed E-state index contributed by atoms with van der Waals surface area (Å²) in [6.07, 6.45) is 6.42. The summed E-state index contributed by atoms with van der Waals surface area (Å²) >= 11 is 5.76. The molecular weight excluding hydrogens is 198 g/mol. The Kier molecular flexibility index (Phi) is 3.12. The first-order valence-electron chi connectivity index (χ1n) is 5.33. The normalized spacial score (nSPS) is 18.7. The standard InChI is InChI=1S/C11H16ClNO/c1-8-10(7-12)13-11(14-8)9-5-3-2-4-6-9/h9H,2-7H2,1H3. The monoisotopic (exact) mass is 213 g/mol. The second-order valence-corrected chi connectivity index (χ2v) is 4.29. The molecule has 1 fully saturated rings. The van der Waals surface area contributed by atoms with Crippen molar-refractivity contribution >= 4 is 11.6 Å². The number of alkyl halides is 1. The number of rotatable bonds is 2. The quantitative estimate of drug-likeness (QED) is 0.699. The molecule has 1 aromatic heterocycles. The fourth-order valence-electron chi connectivity index (χ4n) is 2.10. The van der Waals surface area contributed by atoms with Gasteiger partial charge in [-0.25, -0.2) is 4.98 Å². The van der Waals surface area contributed by atoms with E-state index in [9.17, 15) is 0 Å².